The number of hydrogen-bond acceptors (Lipinski definition) is 3. The van der Waals surface area contributed by atoms with Crippen molar-refractivity contribution in [2.75, 3.05) is 5.32 Å². The summed E-state index contributed by atoms with van der Waals surface area (Å²) < 4.78 is 14.1. The van der Waals surface area contributed by atoms with Gasteiger partial charge in [-0.2, -0.15) is 0 Å². The van der Waals surface area contributed by atoms with Gasteiger partial charge in [0.25, 0.3) is 5.91 Å². The highest BCUT2D eigenvalue weighted by Gasteiger charge is 2.19. The lowest BCUT2D eigenvalue weighted by Gasteiger charge is -2.09. The third kappa shape index (κ3) is 3.69. The number of benzene rings is 2. The van der Waals surface area contributed by atoms with Crippen molar-refractivity contribution in [3.05, 3.63) is 57.8 Å². The van der Waals surface area contributed by atoms with Crippen molar-refractivity contribution >= 4 is 40.1 Å². The van der Waals surface area contributed by atoms with Crippen molar-refractivity contribution < 1.29 is 19.2 Å². The summed E-state index contributed by atoms with van der Waals surface area (Å²) in [5.74, 6) is -1.25. The molecule has 0 aliphatic heterocycles. The molecule has 0 aliphatic carbocycles. The van der Waals surface area contributed by atoms with E-state index >= 15 is 0 Å². The van der Waals surface area contributed by atoms with E-state index in [0.717, 1.165) is 22.2 Å². The van der Waals surface area contributed by atoms with Crippen LogP contribution < -0.4 is 10.8 Å². The Morgan fingerprint density at radius 1 is 1.24 bits per heavy atom. The average Bonchev–Trinajstić information content (AvgIpc) is 2.42. The van der Waals surface area contributed by atoms with E-state index in [-0.39, 0.29) is 11.0 Å². The minimum Gasteiger partial charge on any atom is -0.423 e. The molecule has 0 heterocycles. The van der Waals surface area contributed by atoms with Gasteiger partial charge < -0.3 is 15.4 Å². The second kappa shape index (κ2) is 6.38. The maximum absolute atomic E-state index is 13.4. The summed E-state index contributed by atoms with van der Waals surface area (Å²) >= 11 is 3.34. The Morgan fingerprint density at radius 2 is 1.95 bits per heavy atom. The molecule has 1 amide bonds. The molecule has 0 aliphatic rings. The number of nitrogens with one attached hydrogen (secondary N) is 1. The Morgan fingerprint density at radius 3 is 2.57 bits per heavy atom. The van der Waals surface area contributed by atoms with Gasteiger partial charge in [0.2, 0.25) is 0 Å². The maximum Gasteiger partial charge on any atom is 0.491 e. The highest BCUT2D eigenvalue weighted by atomic mass is 79.9. The average molecular weight is 352 g/mol. The van der Waals surface area contributed by atoms with Crippen LogP contribution in [0.25, 0.3) is 0 Å². The Balaban J connectivity index is 2.26. The molecule has 0 fully saturated rings. The van der Waals surface area contributed by atoms with Crippen LogP contribution in [-0.4, -0.2) is 23.1 Å². The minimum absolute atomic E-state index is 0.131. The zero-order chi connectivity index (χ0) is 15.6. The molecular weight excluding hydrogens is 340 g/mol. The van der Waals surface area contributed by atoms with E-state index in [4.69, 9.17) is 10.0 Å². The molecule has 21 heavy (non-hydrogen) atoms. The first kappa shape index (κ1) is 15.7. The van der Waals surface area contributed by atoms with Crippen molar-refractivity contribution in [1.82, 2.24) is 0 Å². The van der Waals surface area contributed by atoms with Gasteiger partial charge in [0.05, 0.1) is 5.69 Å². The third-order valence-electron chi connectivity index (χ3n) is 2.91. The third-order valence-corrected chi connectivity index (χ3v) is 3.57. The van der Waals surface area contributed by atoms with Gasteiger partial charge in [0.15, 0.2) is 0 Å². The van der Waals surface area contributed by atoms with Crippen LogP contribution in [0.15, 0.2) is 40.9 Å². The van der Waals surface area contributed by atoms with Crippen LogP contribution in [0.4, 0.5) is 10.1 Å². The monoisotopic (exact) mass is 351 g/mol. The standard InChI is InChI=1S/C14H12BBrFNO3/c1-8-2-5-13(11(16)6-8)18-14(19)9-3-4-12(17)10(7-9)15(20)21/h2-7,20-21H,1H3,(H,18,19). The summed E-state index contributed by atoms with van der Waals surface area (Å²) in [7, 11) is -1.97. The molecule has 4 nitrogen and oxygen atoms in total. The molecule has 108 valence electrons. The quantitative estimate of drug-likeness (QED) is 0.739. The molecule has 2 aromatic carbocycles. The zero-order valence-electron chi connectivity index (χ0n) is 11.1. The van der Waals surface area contributed by atoms with Crippen molar-refractivity contribution in [3.8, 4) is 0 Å². The Hall–Kier alpha value is -1.70. The van der Waals surface area contributed by atoms with E-state index in [1.54, 1.807) is 6.07 Å². The summed E-state index contributed by atoms with van der Waals surface area (Å²) in [6, 6.07) is 8.84. The SMILES string of the molecule is Cc1ccc(NC(=O)c2ccc(F)c(B(O)O)c2)c(Br)c1. The lowest BCUT2D eigenvalue weighted by molar-refractivity contribution is 0.102. The summed E-state index contributed by atoms with van der Waals surface area (Å²) in [5.41, 5.74) is 1.39. The second-order valence-corrected chi connectivity index (χ2v) is 5.40. The van der Waals surface area contributed by atoms with Gasteiger partial charge >= 0.3 is 7.12 Å². The fourth-order valence-corrected chi connectivity index (χ4v) is 2.39. The summed E-state index contributed by atoms with van der Waals surface area (Å²) in [5, 5.41) is 20.8. The molecule has 0 radical (unpaired) electrons. The van der Waals surface area contributed by atoms with Crippen molar-refractivity contribution in [2.24, 2.45) is 0 Å². The first-order valence-electron chi connectivity index (χ1n) is 6.11. The topological polar surface area (TPSA) is 69.6 Å². The van der Waals surface area contributed by atoms with Gasteiger partial charge in [-0.15, -0.1) is 0 Å². The maximum atomic E-state index is 13.4. The Bertz CT molecular complexity index is 694. The number of rotatable bonds is 3. The molecular formula is C14H12BBrFNO3. The molecule has 0 spiro atoms. The number of carbonyl (C=O) groups excluding carboxylic acids is 1. The molecule has 0 bridgehead atoms. The molecule has 0 saturated carbocycles. The largest absolute Gasteiger partial charge is 0.491 e. The summed E-state index contributed by atoms with van der Waals surface area (Å²) in [4.78, 5) is 12.1. The van der Waals surface area contributed by atoms with Gasteiger partial charge in [0, 0.05) is 15.5 Å². The fourth-order valence-electron chi connectivity index (χ4n) is 1.80. The van der Waals surface area contributed by atoms with Crippen molar-refractivity contribution in [2.45, 2.75) is 6.92 Å². The highest BCUT2D eigenvalue weighted by molar-refractivity contribution is 9.10. The normalized spacial score (nSPS) is 10.3. The van der Waals surface area contributed by atoms with Crippen LogP contribution in [-0.2, 0) is 0 Å². The van der Waals surface area contributed by atoms with E-state index in [2.05, 4.69) is 21.2 Å². The van der Waals surface area contributed by atoms with Gasteiger partial charge in [-0.05, 0) is 58.7 Å². The minimum atomic E-state index is -1.97. The molecule has 0 atom stereocenters. The van der Waals surface area contributed by atoms with E-state index < -0.39 is 18.8 Å². The predicted molar refractivity (Wildman–Crippen MR) is 83.1 cm³/mol. The van der Waals surface area contributed by atoms with Gasteiger partial charge in [0.1, 0.15) is 5.82 Å². The highest BCUT2D eigenvalue weighted by Crippen LogP contribution is 2.23. The number of carbonyl (C=O) groups is 1. The second-order valence-electron chi connectivity index (χ2n) is 4.55. The lowest BCUT2D eigenvalue weighted by Crippen LogP contribution is -2.33. The van der Waals surface area contributed by atoms with Crippen LogP contribution in [0.3, 0.4) is 0 Å². The number of anilines is 1. The van der Waals surface area contributed by atoms with Crippen LogP contribution in [0.1, 0.15) is 15.9 Å². The molecule has 0 saturated heterocycles. The van der Waals surface area contributed by atoms with Crippen LogP contribution >= 0.6 is 15.9 Å². The number of halogens is 2. The molecule has 2 rings (SSSR count). The van der Waals surface area contributed by atoms with Gasteiger partial charge in [-0.3, -0.25) is 4.79 Å². The zero-order valence-corrected chi connectivity index (χ0v) is 12.7. The molecule has 0 unspecified atom stereocenters. The summed E-state index contributed by atoms with van der Waals surface area (Å²) in [6.07, 6.45) is 0. The van der Waals surface area contributed by atoms with Crippen molar-refractivity contribution in [3.63, 3.8) is 0 Å². The smallest absolute Gasteiger partial charge is 0.423 e. The van der Waals surface area contributed by atoms with Gasteiger partial charge in [-0.25, -0.2) is 4.39 Å². The Labute approximate surface area is 129 Å². The van der Waals surface area contributed by atoms with Crippen LogP contribution in [0.2, 0.25) is 0 Å². The molecule has 2 aromatic rings. The lowest BCUT2D eigenvalue weighted by atomic mass is 9.79. The van der Waals surface area contributed by atoms with Crippen molar-refractivity contribution in [1.29, 1.82) is 0 Å². The fraction of sp³-hybridized carbons (Fsp3) is 0.0714. The van der Waals surface area contributed by atoms with Crippen LogP contribution in [0, 0.1) is 12.7 Å². The van der Waals surface area contributed by atoms with Gasteiger partial charge in [-0.1, -0.05) is 6.07 Å². The summed E-state index contributed by atoms with van der Waals surface area (Å²) in [6.45, 7) is 1.92. The van der Waals surface area contributed by atoms with E-state index in [1.807, 2.05) is 19.1 Å². The first-order chi connectivity index (χ1) is 9.88. The first-order valence-corrected chi connectivity index (χ1v) is 6.91. The number of amides is 1. The van der Waals surface area contributed by atoms with E-state index in [1.165, 1.54) is 6.07 Å². The number of hydrogen-bond donors (Lipinski definition) is 3. The molecule has 3 N–H and O–H groups in total. The molecule has 0 aromatic heterocycles. The predicted octanol–water partition coefficient (Wildman–Crippen LogP) is 1.83. The van der Waals surface area contributed by atoms with E-state index in [9.17, 15) is 9.18 Å². The molecule has 7 heteroatoms. The van der Waals surface area contributed by atoms with E-state index in [0.29, 0.717) is 5.69 Å². The Kier molecular flexibility index (Phi) is 4.77. The van der Waals surface area contributed by atoms with Crippen LogP contribution in [0.5, 0.6) is 0 Å². The number of aryl methyl sites for hydroxylation is 1.